The zero-order valence-electron chi connectivity index (χ0n) is 14.0. The average Bonchev–Trinajstić information content (AvgIpc) is 2.87. The Morgan fingerprint density at radius 3 is 2.92 bits per heavy atom. The first-order valence-corrected chi connectivity index (χ1v) is 8.65. The van der Waals surface area contributed by atoms with Crippen molar-refractivity contribution in [1.82, 2.24) is 9.88 Å². The lowest BCUT2D eigenvalue weighted by Crippen LogP contribution is -2.17. The molecular formula is C20H21ClN2O. The molecule has 0 saturated carbocycles. The predicted molar refractivity (Wildman–Crippen MR) is 99.1 cm³/mol. The Balaban J connectivity index is 1.83. The van der Waals surface area contributed by atoms with Gasteiger partial charge in [0, 0.05) is 29.6 Å². The largest absolute Gasteiger partial charge is 0.497 e. The number of hydrogen-bond acceptors (Lipinski definition) is 2. The van der Waals surface area contributed by atoms with Crippen LogP contribution in [0.4, 0.5) is 0 Å². The zero-order chi connectivity index (χ0) is 16.7. The van der Waals surface area contributed by atoms with Crippen LogP contribution in [-0.4, -0.2) is 30.6 Å². The number of nitrogens with one attached hydrogen (secondary N) is 1. The zero-order valence-corrected chi connectivity index (χ0v) is 14.7. The van der Waals surface area contributed by atoms with Crippen molar-refractivity contribution < 1.29 is 4.74 Å². The van der Waals surface area contributed by atoms with Crippen LogP contribution in [0.3, 0.4) is 0 Å². The molecule has 0 saturated heterocycles. The number of halogens is 1. The lowest BCUT2D eigenvalue weighted by Gasteiger charge is -2.19. The summed E-state index contributed by atoms with van der Waals surface area (Å²) in [4.78, 5) is 5.59. The van der Waals surface area contributed by atoms with Gasteiger partial charge in [0.25, 0.3) is 0 Å². The fourth-order valence-electron chi connectivity index (χ4n) is 3.73. The SMILES string of the molecule is COc1ccc2c(c1)CN(C)CCC2c1ccc2[nH]cc(Cl)c2c1. The van der Waals surface area contributed by atoms with E-state index in [1.54, 1.807) is 7.11 Å². The molecule has 3 aromatic rings. The third-order valence-corrected chi connectivity index (χ3v) is 5.34. The molecule has 0 spiro atoms. The summed E-state index contributed by atoms with van der Waals surface area (Å²) in [6.45, 7) is 2.02. The Morgan fingerprint density at radius 2 is 2.08 bits per heavy atom. The minimum Gasteiger partial charge on any atom is -0.497 e. The lowest BCUT2D eigenvalue weighted by molar-refractivity contribution is 0.327. The summed E-state index contributed by atoms with van der Waals surface area (Å²) in [5, 5.41) is 1.88. The number of H-pyrrole nitrogens is 1. The van der Waals surface area contributed by atoms with Crippen LogP contribution in [0.5, 0.6) is 5.75 Å². The molecule has 1 aromatic heterocycles. The maximum Gasteiger partial charge on any atom is 0.119 e. The van der Waals surface area contributed by atoms with E-state index in [0.717, 1.165) is 41.2 Å². The van der Waals surface area contributed by atoms with Gasteiger partial charge in [-0.25, -0.2) is 0 Å². The van der Waals surface area contributed by atoms with E-state index in [1.807, 2.05) is 6.20 Å². The van der Waals surface area contributed by atoms with Gasteiger partial charge >= 0.3 is 0 Å². The number of methoxy groups -OCH3 is 1. The van der Waals surface area contributed by atoms with Gasteiger partial charge in [-0.3, -0.25) is 0 Å². The van der Waals surface area contributed by atoms with Crippen molar-refractivity contribution in [2.24, 2.45) is 0 Å². The van der Waals surface area contributed by atoms with Gasteiger partial charge in [0.05, 0.1) is 12.1 Å². The Bertz CT molecular complexity index is 886. The molecule has 24 heavy (non-hydrogen) atoms. The predicted octanol–water partition coefficient (Wildman–Crippen LogP) is 4.80. The number of aromatic amines is 1. The first-order chi connectivity index (χ1) is 11.7. The molecule has 4 rings (SSSR count). The van der Waals surface area contributed by atoms with Crippen molar-refractivity contribution in [3.63, 3.8) is 0 Å². The van der Waals surface area contributed by atoms with Crippen molar-refractivity contribution in [3.8, 4) is 5.75 Å². The fourth-order valence-corrected chi connectivity index (χ4v) is 3.94. The van der Waals surface area contributed by atoms with Crippen LogP contribution >= 0.6 is 11.6 Å². The quantitative estimate of drug-likeness (QED) is 0.726. The number of aromatic nitrogens is 1. The number of benzene rings is 2. The average molecular weight is 341 g/mol. The van der Waals surface area contributed by atoms with Gasteiger partial charge in [-0.1, -0.05) is 23.7 Å². The molecule has 0 radical (unpaired) electrons. The maximum absolute atomic E-state index is 6.32. The summed E-state index contributed by atoms with van der Waals surface area (Å²) >= 11 is 6.32. The van der Waals surface area contributed by atoms with E-state index < -0.39 is 0 Å². The second kappa shape index (κ2) is 6.15. The van der Waals surface area contributed by atoms with Crippen LogP contribution in [0.2, 0.25) is 5.02 Å². The van der Waals surface area contributed by atoms with E-state index in [0.29, 0.717) is 5.92 Å². The van der Waals surface area contributed by atoms with Gasteiger partial charge in [-0.2, -0.15) is 0 Å². The van der Waals surface area contributed by atoms with E-state index in [9.17, 15) is 0 Å². The molecule has 124 valence electrons. The van der Waals surface area contributed by atoms with Crippen LogP contribution in [-0.2, 0) is 6.54 Å². The highest BCUT2D eigenvalue weighted by molar-refractivity contribution is 6.35. The first-order valence-electron chi connectivity index (χ1n) is 8.27. The summed E-state index contributed by atoms with van der Waals surface area (Å²) in [6, 6.07) is 13.1. The molecule has 3 nitrogen and oxygen atoms in total. The Labute approximate surface area is 147 Å². The van der Waals surface area contributed by atoms with Gasteiger partial charge in [0.15, 0.2) is 0 Å². The van der Waals surface area contributed by atoms with Crippen LogP contribution in [0, 0.1) is 0 Å². The number of rotatable bonds is 2. The molecule has 1 atom stereocenters. The standard InChI is InChI=1S/C20H21ClN2O/c1-23-8-7-17(16-5-4-15(24-2)9-14(16)12-23)13-3-6-20-18(10-13)19(21)11-22-20/h3-6,9-11,17,22H,7-8,12H2,1-2H3. The van der Waals surface area contributed by atoms with E-state index in [-0.39, 0.29) is 0 Å². The topological polar surface area (TPSA) is 28.3 Å². The van der Waals surface area contributed by atoms with Crippen LogP contribution in [0.25, 0.3) is 10.9 Å². The molecule has 0 bridgehead atoms. The van der Waals surface area contributed by atoms with E-state index in [2.05, 4.69) is 53.3 Å². The molecule has 0 amide bonds. The van der Waals surface area contributed by atoms with Gasteiger partial charge in [0.1, 0.15) is 5.75 Å². The molecule has 1 aliphatic rings. The molecule has 2 heterocycles. The Hall–Kier alpha value is -1.97. The molecule has 1 unspecified atom stereocenters. The Morgan fingerprint density at radius 1 is 1.21 bits per heavy atom. The summed E-state index contributed by atoms with van der Waals surface area (Å²) in [5.74, 6) is 1.30. The Kier molecular flexibility index (Phi) is 3.99. The minimum absolute atomic E-state index is 0.381. The third-order valence-electron chi connectivity index (χ3n) is 5.02. The van der Waals surface area contributed by atoms with Crippen LogP contribution in [0.15, 0.2) is 42.6 Å². The second-order valence-corrected chi connectivity index (χ2v) is 6.99. The lowest BCUT2D eigenvalue weighted by atomic mass is 9.86. The minimum atomic E-state index is 0.381. The smallest absolute Gasteiger partial charge is 0.119 e. The molecule has 1 aliphatic heterocycles. The van der Waals surface area contributed by atoms with Gasteiger partial charge < -0.3 is 14.6 Å². The van der Waals surface area contributed by atoms with Crippen molar-refractivity contribution in [3.05, 3.63) is 64.3 Å². The van der Waals surface area contributed by atoms with Gasteiger partial charge in [-0.05, 0) is 61.0 Å². The van der Waals surface area contributed by atoms with Gasteiger partial charge in [0.2, 0.25) is 0 Å². The number of fused-ring (bicyclic) bond motifs is 2. The molecule has 2 aromatic carbocycles. The molecule has 0 fully saturated rings. The first kappa shape index (κ1) is 15.6. The summed E-state index contributed by atoms with van der Waals surface area (Å²) in [6.07, 6.45) is 2.96. The monoisotopic (exact) mass is 340 g/mol. The molecular weight excluding hydrogens is 320 g/mol. The fraction of sp³-hybridized carbons (Fsp3) is 0.300. The van der Waals surface area contributed by atoms with Crippen molar-refractivity contribution in [2.45, 2.75) is 18.9 Å². The highest BCUT2D eigenvalue weighted by Gasteiger charge is 2.23. The summed E-state index contributed by atoms with van der Waals surface area (Å²) < 4.78 is 5.42. The third kappa shape index (κ3) is 2.68. The number of nitrogens with zero attached hydrogens (tertiary/aromatic N) is 1. The second-order valence-electron chi connectivity index (χ2n) is 6.59. The summed E-state index contributed by atoms with van der Waals surface area (Å²) in [5.41, 5.74) is 5.15. The van der Waals surface area contributed by atoms with E-state index >= 15 is 0 Å². The highest BCUT2D eigenvalue weighted by atomic mass is 35.5. The summed E-state index contributed by atoms with van der Waals surface area (Å²) in [7, 11) is 3.90. The van der Waals surface area contributed by atoms with E-state index in [1.165, 1.54) is 16.7 Å². The number of hydrogen-bond donors (Lipinski definition) is 1. The van der Waals surface area contributed by atoms with Crippen molar-refractivity contribution in [2.75, 3.05) is 20.7 Å². The van der Waals surface area contributed by atoms with E-state index in [4.69, 9.17) is 16.3 Å². The van der Waals surface area contributed by atoms with Crippen molar-refractivity contribution in [1.29, 1.82) is 0 Å². The molecule has 1 N–H and O–H groups in total. The van der Waals surface area contributed by atoms with Crippen molar-refractivity contribution >= 4 is 22.5 Å². The molecule has 0 aliphatic carbocycles. The van der Waals surface area contributed by atoms with Crippen LogP contribution < -0.4 is 4.74 Å². The maximum atomic E-state index is 6.32. The number of ether oxygens (including phenoxy) is 1. The molecule has 4 heteroatoms. The normalized spacial score (nSPS) is 18.4. The van der Waals surface area contributed by atoms with Gasteiger partial charge in [-0.15, -0.1) is 0 Å². The highest BCUT2D eigenvalue weighted by Crippen LogP contribution is 2.37. The van der Waals surface area contributed by atoms with Crippen LogP contribution in [0.1, 0.15) is 29.0 Å².